The van der Waals surface area contributed by atoms with E-state index in [4.69, 9.17) is 4.74 Å². The van der Waals surface area contributed by atoms with E-state index in [0.717, 1.165) is 19.0 Å². The SMILES string of the molecule is CC(C)(C)OC(=O)NC1C2CNCC3CC321. The monoisotopic (exact) mass is 224 g/mol. The van der Waals surface area contributed by atoms with Gasteiger partial charge < -0.3 is 15.4 Å². The largest absolute Gasteiger partial charge is 0.444 e. The molecule has 0 aromatic carbocycles. The second kappa shape index (κ2) is 2.92. The van der Waals surface area contributed by atoms with Crippen LogP contribution in [-0.2, 0) is 4.74 Å². The standard InChI is InChI=1S/C12H20N2O2/c1-11(2,3)16-10(15)14-9-8-6-13-5-7-4-12(7,8)9/h7-9,13H,4-6H2,1-3H3,(H,14,15). The molecule has 3 rings (SSSR count). The van der Waals surface area contributed by atoms with E-state index >= 15 is 0 Å². The van der Waals surface area contributed by atoms with Gasteiger partial charge in [0.05, 0.1) is 0 Å². The molecule has 16 heavy (non-hydrogen) atoms. The zero-order chi connectivity index (χ0) is 11.6. The summed E-state index contributed by atoms with van der Waals surface area (Å²) in [5.74, 6) is 1.45. The minimum Gasteiger partial charge on any atom is -0.444 e. The molecule has 3 aliphatic rings. The van der Waals surface area contributed by atoms with Crippen molar-refractivity contribution < 1.29 is 9.53 Å². The van der Waals surface area contributed by atoms with Crippen LogP contribution in [0.2, 0.25) is 0 Å². The number of carbonyl (C=O) groups excluding carboxylic acids is 1. The third-order valence-electron chi connectivity index (χ3n) is 4.19. The molecule has 2 N–H and O–H groups in total. The molecular weight excluding hydrogens is 204 g/mol. The summed E-state index contributed by atoms with van der Waals surface area (Å²) in [6.07, 6.45) is 1.03. The molecule has 0 aromatic heterocycles. The number of hydrogen-bond donors (Lipinski definition) is 2. The first-order chi connectivity index (χ1) is 7.43. The second-order valence-corrected chi connectivity index (χ2v) is 6.40. The van der Waals surface area contributed by atoms with Crippen LogP contribution in [0.5, 0.6) is 0 Å². The Morgan fingerprint density at radius 1 is 1.44 bits per heavy atom. The van der Waals surface area contributed by atoms with Crippen LogP contribution < -0.4 is 10.6 Å². The highest BCUT2D eigenvalue weighted by Gasteiger charge is 2.79. The van der Waals surface area contributed by atoms with E-state index in [1.165, 1.54) is 6.42 Å². The third-order valence-corrected chi connectivity index (χ3v) is 4.19. The van der Waals surface area contributed by atoms with Gasteiger partial charge in [0.25, 0.3) is 0 Å². The average molecular weight is 224 g/mol. The molecule has 1 spiro atoms. The van der Waals surface area contributed by atoms with Crippen LogP contribution in [-0.4, -0.2) is 30.8 Å². The number of rotatable bonds is 1. The normalized spacial score (nSPS) is 44.1. The van der Waals surface area contributed by atoms with Gasteiger partial charge in [0.15, 0.2) is 0 Å². The van der Waals surface area contributed by atoms with Crippen LogP contribution in [0.25, 0.3) is 0 Å². The first-order valence-electron chi connectivity index (χ1n) is 6.14. The number of ether oxygens (including phenoxy) is 1. The number of piperidine rings is 1. The third kappa shape index (κ3) is 1.43. The Kier molecular flexibility index (Phi) is 1.89. The predicted molar refractivity (Wildman–Crippen MR) is 60.1 cm³/mol. The van der Waals surface area contributed by atoms with Crippen LogP contribution >= 0.6 is 0 Å². The lowest BCUT2D eigenvalue weighted by Gasteiger charge is -2.19. The molecule has 4 nitrogen and oxygen atoms in total. The molecule has 0 aromatic rings. The van der Waals surface area contributed by atoms with Crippen LogP contribution in [0.15, 0.2) is 0 Å². The average Bonchev–Trinajstić information content (AvgIpc) is 2.95. The number of amides is 1. The summed E-state index contributed by atoms with van der Waals surface area (Å²) in [6.45, 7) is 7.87. The highest BCUT2D eigenvalue weighted by molar-refractivity contribution is 5.69. The summed E-state index contributed by atoms with van der Waals surface area (Å²) in [7, 11) is 0. The molecule has 90 valence electrons. The molecule has 0 radical (unpaired) electrons. The zero-order valence-corrected chi connectivity index (χ0v) is 10.2. The van der Waals surface area contributed by atoms with Crippen molar-refractivity contribution in [3.63, 3.8) is 0 Å². The molecule has 1 aliphatic heterocycles. The summed E-state index contributed by atoms with van der Waals surface area (Å²) >= 11 is 0. The quantitative estimate of drug-likeness (QED) is 0.701. The Morgan fingerprint density at radius 2 is 2.19 bits per heavy atom. The van der Waals surface area contributed by atoms with E-state index in [1.54, 1.807) is 0 Å². The smallest absolute Gasteiger partial charge is 0.407 e. The maximum absolute atomic E-state index is 11.7. The van der Waals surface area contributed by atoms with Gasteiger partial charge in [-0.1, -0.05) is 0 Å². The van der Waals surface area contributed by atoms with Crippen molar-refractivity contribution in [1.82, 2.24) is 10.6 Å². The first-order valence-corrected chi connectivity index (χ1v) is 6.14. The van der Waals surface area contributed by atoms with Gasteiger partial charge >= 0.3 is 6.09 Å². The van der Waals surface area contributed by atoms with Gasteiger partial charge in [0.1, 0.15) is 5.60 Å². The van der Waals surface area contributed by atoms with Gasteiger partial charge in [0, 0.05) is 23.9 Å². The Labute approximate surface area is 96.1 Å². The fraction of sp³-hybridized carbons (Fsp3) is 0.917. The van der Waals surface area contributed by atoms with Crippen molar-refractivity contribution in [1.29, 1.82) is 0 Å². The fourth-order valence-corrected chi connectivity index (χ4v) is 3.40. The minimum absolute atomic E-state index is 0.257. The number of carbonyl (C=O) groups is 1. The van der Waals surface area contributed by atoms with E-state index in [-0.39, 0.29) is 6.09 Å². The van der Waals surface area contributed by atoms with Crippen LogP contribution in [0, 0.1) is 17.3 Å². The highest BCUT2D eigenvalue weighted by atomic mass is 16.6. The van der Waals surface area contributed by atoms with E-state index in [2.05, 4.69) is 10.6 Å². The van der Waals surface area contributed by atoms with Gasteiger partial charge in [-0.25, -0.2) is 4.79 Å². The van der Waals surface area contributed by atoms with E-state index in [9.17, 15) is 4.79 Å². The highest BCUT2D eigenvalue weighted by Crippen LogP contribution is 2.75. The van der Waals surface area contributed by atoms with Gasteiger partial charge in [-0.15, -0.1) is 0 Å². The fourth-order valence-electron chi connectivity index (χ4n) is 3.40. The Bertz CT molecular complexity index is 336. The summed E-state index contributed by atoms with van der Waals surface area (Å²) in [4.78, 5) is 11.7. The lowest BCUT2D eigenvalue weighted by molar-refractivity contribution is 0.0518. The second-order valence-electron chi connectivity index (χ2n) is 6.40. The Morgan fingerprint density at radius 3 is 2.81 bits per heavy atom. The minimum atomic E-state index is -0.400. The van der Waals surface area contributed by atoms with Crippen LogP contribution in [0.4, 0.5) is 4.79 Å². The summed E-state index contributed by atoms with van der Waals surface area (Å²) in [6, 6.07) is 0.363. The van der Waals surface area contributed by atoms with Gasteiger partial charge in [-0.2, -0.15) is 0 Å². The van der Waals surface area contributed by atoms with Crippen molar-refractivity contribution in [2.75, 3.05) is 13.1 Å². The van der Waals surface area contributed by atoms with Crippen LogP contribution in [0.3, 0.4) is 0 Å². The number of nitrogens with one attached hydrogen (secondary N) is 2. The summed E-state index contributed by atoms with van der Waals surface area (Å²) in [5.41, 5.74) is 0.0607. The molecule has 1 amide bonds. The van der Waals surface area contributed by atoms with Crippen molar-refractivity contribution in [2.45, 2.75) is 38.8 Å². The molecule has 3 fully saturated rings. The molecule has 4 unspecified atom stereocenters. The van der Waals surface area contributed by atoms with Crippen molar-refractivity contribution in [2.24, 2.45) is 17.3 Å². The molecule has 1 heterocycles. The molecule has 4 heteroatoms. The van der Waals surface area contributed by atoms with Gasteiger partial charge in [0.2, 0.25) is 0 Å². The van der Waals surface area contributed by atoms with Crippen molar-refractivity contribution in [3.05, 3.63) is 0 Å². The van der Waals surface area contributed by atoms with E-state index in [1.807, 2.05) is 20.8 Å². The van der Waals surface area contributed by atoms with Gasteiger partial charge in [-0.3, -0.25) is 0 Å². The molecule has 2 saturated carbocycles. The molecular formula is C12H20N2O2. The van der Waals surface area contributed by atoms with Crippen molar-refractivity contribution >= 4 is 6.09 Å². The molecule has 2 aliphatic carbocycles. The van der Waals surface area contributed by atoms with Crippen molar-refractivity contribution in [3.8, 4) is 0 Å². The molecule has 0 bridgehead atoms. The summed E-state index contributed by atoms with van der Waals surface area (Å²) < 4.78 is 5.29. The summed E-state index contributed by atoms with van der Waals surface area (Å²) in [5, 5.41) is 6.46. The molecule has 1 saturated heterocycles. The van der Waals surface area contributed by atoms with E-state index < -0.39 is 5.60 Å². The number of hydrogen-bond acceptors (Lipinski definition) is 3. The first kappa shape index (κ1) is 10.4. The topological polar surface area (TPSA) is 50.4 Å². The van der Waals surface area contributed by atoms with Gasteiger partial charge in [-0.05, 0) is 39.7 Å². The Balaban J connectivity index is 1.56. The number of alkyl carbamates (subject to hydrolysis) is 1. The predicted octanol–water partition coefficient (Wildman–Crippen LogP) is 1.12. The van der Waals surface area contributed by atoms with E-state index in [0.29, 0.717) is 17.4 Å². The zero-order valence-electron chi connectivity index (χ0n) is 10.2. The maximum atomic E-state index is 11.7. The lowest BCUT2D eigenvalue weighted by atomic mass is 10.2. The molecule has 4 atom stereocenters. The van der Waals surface area contributed by atoms with Crippen LogP contribution in [0.1, 0.15) is 27.2 Å². The lowest BCUT2D eigenvalue weighted by Crippen LogP contribution is -2.35. The maximum Gasteiger partial charge on any atom is 0.407 e. The Hall–Kier alpha value is -0.770.